The zero-order valence-electron chi connectivity index (χ0n) is 10.4. The second-order valence-corrected chi connectivity index (χ2v) is 5.03. The summed E-state index contributed by atoms with van der Waals surface area (Å²) in [6.07, 6.45) is 4.60. The third kappa shape index (κ3) is 3.44. The van der Waals surface area contributed by atoms with Crippen molar-refractivity contribution in [1.82, 2.24) is 15.1 Å². The first-order valence-corrected chi connectivity index (χ1v) is 6.59. The van der Waals surface area contributed by atoms with Crippen LogP contribution in [-0.2, 0) is 11.3 Å². The van der Waals surface area contributed by atoms with E-state index >= 15 is 0 Å². The molecule has 1 N–H and O–H groups in total. The molecule has 0 amide bonds. The molecule has 0 radical (unpaired) electrons. The van der Waals surface area contributed by atoms with Crippen molar-refractivity contribution in [3.05, 3.63) is 16.9 Å². The summed E-state index contributed by atoms with van der Waals surface area (Å²) in [5.41, 5.74) is 0.888. The first kappa shape index (κ1) is 12.9. The molecule has 2 unspecified atom stereocenters. The Hall–Kier alpha value is -0.580. The van der Waals surface area contributed by atoms with E-state index in [0.717, 1.165) is 30.4 Å². The van der Waals surface area contributed by atoms with Gasteiger partial charge in [0.2, 0.25) is 0 Å². The Bertz CT molecular complexity index is 341. The molecule has 2 atom stereocenters. The summed E-state index contributed by atoms with van der Waals surface area (Å²) in [6.45, 7) is 6.73. The topological polar surface area (TPSA) is 39.1 Å². The lowest BCUT2D eigenvalue weighted by atomic mass is 10.1. The highest BCUT2D eigenvalue weighted by molar-refractivity contribution is 6.31. The number of halogens is 1. The molecule has 0 saturated carbocycles. The van der Waals surface area contributed by atoms with Crippen LogP contribution in [0, 0.1) is 6.92 Å². The monoisotopic (exact) mass is 257 g/mol. The summed E-state index contributed by atoms with van der Waals surface area (Å²) in [7, 11) is 0. The first-order valence-electron chi connectivity index (χ1n) is 6.21. The Labute approximate surface area is 107 Å². The number of hydrogen-bond donors (Lipinski definition) is 1. The van der Waals surface area contributed by atoms with Crippen LogP contribution in [0.25, 0.3) is 0 Å². The van der Waals surface area contributed by atoms with E-state index in [0.29, 0.717) is 12.1 Å². The Balaban J connectivity index is 1.71. The molecule has 0 spiro atoms. The fourth-order valence-electron chi connectivity index (χ4n) is 2.14. The Kier molecular flexibility index (Phi) is 4.42. The van der Waals surface area contributed by atoms with E-state index in [-0.39, 0.29) is 0 Å². The minimum atomic E-state index is 0.373. The first-order chi connectivity index (χ1) is 8.16. The molecular weight excluding hydrogens is 238 g/mol. The molecule has 96 valence electrons. The second-order valence-electron chi connectivity index (χ2n) is 4.62. The molecule has 5 heteroatoms. The third-order valence-corrected chi connectivity index (χ3v) is 3.59. The Morgan fingerprint density at radius 2 is 2.53 bits per heavy atom. The van der Waals surface area contributed by atoms with Gasteiger partial charge in [-0.05, 0) is 26.7 Å². The van der Waals surface area contributed by atoms with Gasteiger partial charge in [0, 0.05) is 25.4 Å². The van der Waals surface area contributed by atoms with Gasteiger partial charge in [-0.25, -0.2) is 0 Å². The van der Waals surface area contributed by atoms with Crippen LogP contribution in [0.4, 0.5) is 0 Å². The van der Waals surface area contributed by atoms with Gasteiger partial charge in [-0.1, -0.05) is 11.6 Å². The molecular formula is C12H20ClN3O. The maximum atomic E-state index is 5.95. The number of nitrogens with zero attached hydrogens (tertiary/aromatic N) is 2. The summed E-state index contributed by atoms with van der Waals surface area (Å²) in [4.78, 5) is 0. The van der Waals surface area contributed by atoms with E-state index < -0.39 is 0 Å². The number of aryl methyl sites for hydroxylation is 1. The summed E-state index contributed by atoms with van der Waals surface area (Å²) in [5.74, 6) is 0. The van der Waals surface area contributed by atoms with Crippen LogP contribution in [0.3, 0.4) is 0 Å². The van der Waals surface area contributed by atoms with Crippen LogP contribution in [0.2, 0.25) is 5.02 Å². The van der Waals surface area contributed by atoms with Gasteiger partial charge in [-0.15, -0.1) is 0 Å². The highest BCUT2D eigenvalue weighted by atomic mass is 35.5. The number of nitrogens with one attached hydrogen (secondary N) is 1. The SMILES string of the molecule is Cc1nn(CCNC(C)C2CCCO2)cc1Cl. The van der Waals surface area contributed by atoms with E-state index in [1.807, 2.05) is 17.8 Å². The van der Waals surface area contributed by atoms with E-state index in [2.05, 4.69) is 17.3 Å². The lowest BCUT2D eigenvalue weighted by Gasteiger charge is -2.19. The standard InChI is InChI=1S/C12H20ClN3O/c1-9-11(13)8-16(15-9)6-5-14-10(2)12-4-3-7-17-12/h8,10,12,14H,3-7H2,1-2H3. The zero-order valence-corrected chi connectivity index (χ0v) is 11.2. The van der Waals surface area contributed by atoms with Crippen molar-refractivity contribution in [3.8, 4) is 0 Å². The number of hydrogen-bond acceptors (Lipinski definition) is 3. The van der Waals surface area contributed by atoms with E-state index in [1.54, 1.807) is 0 Å². The van der Waals surface area contributed by atoms with Crippen molar-refractivity contribution in [1.29, 1.82) is 0 Å². The fraction of sp³-hybridized carbons (Fsp3) is 0.750. The van der Waals surface area contributed by atoms with Crippen molar-refractivity contribution < 1.29 is 4.74 Å². The molecule has 1 aromatic rings. The van der Waals surface area contributed by atoms with Crippen LogP contribution in [0.5, 0.6) is 0 Å². The molecule has 0 bridgehead atoms. The predicted molar refractivity (Wildman–Crippen MR) is 68.4 cm³/mol. The summed E-state index contributed by atoms with van der Waals surface area (Å²) >= 11 is 5.95. The molecule has 0 aromatic carbocycles. The fourth-order valence-corrected chi connectivity index (χ4v) is 2.29. The average Bonchev–Trinajstić information content (AvgIpc) is 2.90. The van der Waals surface area contributed by atoms with Gasteiger partial charge < -0.3 is 10.1 Å². The van der Waals surface area contributed by atoms with Gasteiger partial charge in [0.15, 0.2) is 0 Å². The normalized spacial score (nSPS) is 21.9. The van der Waals surface area contributed by atoms with E-state index in [1.165, 1.54) is 12.8 Å². The van der Waals surface area contributed by atoms with Gasteiger partial charge >= 0.3 is 0 Å². The molecule has 2 heterocycles. The minimum absolute atomic E-state index is 0.373. The van der Waals surface area contributed by atoms with Crippen LogP contribution >= 0.6 is 11.6 Å². The molecule has 1 saturated heterocycles. The molecule has 1 aliphatic rings. The molecule has 1 aliphatic heterocycles. The van der Waals surface area contributed by atoms with Gasteiger partial charge in [0.1, 0.15) is 0 Å². The summed E-state index contributed by atoms with van der Waals surface area (Å²) in [6, 6.07) is 0.407. The number of aromatic nitrogens is 2. The molecule has 17 heavy (non-hydrogen) atoms. The molecule has 4 nitrogen and oxygen atoms in total. The molecule has 0 aliphatic carbocycles. The number of rotatable bonds is 5. The molecule has 1 fully saturated rings. The quantitative estimate of drug-likeness (QED) is 0.877. The minimum Gasteiger partial charge on any atom is -0.377 e. The van der Waals surface area contributed by atoms with Crippen LogP contribution < -0.4 is 5.32 Å². The molecule has 1 aromatic heterocycles. The highest BCUT2D eigenvalue weighted by Crippen LogP contribution is 2.15. The smallest absolute Gasteiger partial charge is 0.0814 e. The third-order valence-electron chi connectivity index (χ3n) is 3.22. The second kappa shape index (κ2) is 5.85. The summed E-state index contributed by atoms with van der Waals surface area (Å²) < 4.78 is 7.52. The van der Waals surface area contributed by atoms with Crippen LogP contribution in [0.1, 0.15) is 25.5 Å². The van der Waals surface area contributed by atoms with Gasteiger partial charge in [0.25, 0.3) is 0 Å². The van der Waals surface area contributed by atoms with Crippen molar-refractivity contribution >= 4 is 11.6 Å². The van der Waals surface area contributed by atoms with Crippen molar-refractivity contribution in [2.24, 2.45) is 0 Å². The van der Waals surface area contributed by atoms with Crippen molar-refractivity contribution in [3.63, 3.8) is 0 Å². The highest BCUT2D eigenvalue weighted by Gasteiger charge is 2.21. The lowest BCUT2D eigenvalue weighted by molar-refractivity contribution is 0.0834. The van der Waals surface area contributed by atoms with Gasteiger partial charge in [-0.3, -0.25) is 4.68 Å². The summed E-state index contributed by atoms with van der Waals surface area (Å²) in [5, 5.41) is 8.52. The zero-order chi connectivity index (χ0) is 12.3. The van der Waals surface area contributed by atoms with E-state index in [4.69, 9.17) is 16.3 Å². The Morgan fingerprint density at radius 1 is 1.71 bits per heavy atom. The maximum absolute atomic E-state index is 5.95. The van der Waals surface area contributed by atoms with Crippen LogP contribution in [-0.4, -0.2) is 35.1 Å². The lowest BCUT2D eigenvalue weighted by Crippen LogP contribution is -2.38. The largest absolute Gasteiger partial charge is 0.377 e. The number of ether oxygens (including phenoxy) is 1. The van der Waals surface area contributed by atoms with Gasteiger partial charge in [0.05, 0.1) is 23.4 Å². The van der Waals surface area contributed by atoms with Crippen molar-refractivity contribution in [2.75, 3.05) is 13.2 Å². The maximum Gasteiger partial charge on any atom is 0.0814 e. The van der Waals surface area contributed by atoms with E-state index in [9.17, 15) is 0 Å². The predicted octanol–water partition coefficient (Wildman–Crippen LogP) is 2.00. The van der Waals surface area contributed by atoms with Gasteiger partial charge in [-0.2, -0.15) is 5.10 Å². The van der Waals surface area contributed by atoms with Crippen LogP contribution in [0.15, 0.2) is 6.20 Å². The molecule has 2 rings (SSSR count). The van der Waals surface area contributed by atoms with Crippen molar-refractivity contribution in [2.45, 2.75) is 45.4 Å². The Morgan fingerprint density at radius 3 is 3.12 bits per heavy atom. The average molecular weight is 258 g/mol.